The fraction of sp³-hybridized carbons (Fsp3) is 0.300. The summed E-state index contributed by atoms with van der Waals surface area (Å²) in [4.78, 5) is 18.8. The summed E-state index contributed by atoms with van der Waals surface area (Å²) in [5.41, 5.74) is 5.48. The van der Waals surface area contributed by atoms with E-state index in [-0.39, 0.29) is 11.9 Å². The van der Waals surface area contributed by atoms with Gasteiger partial charge in [0, 0.05) is 55.7 Å². The SMILES string of the molecule is COc1cc(C(=O)N2CC(O)C2)ccc1-c1cc2nccc(-c3ccc(NC4CCOCC4)c(C#N)c3)c2o1. The number of furan rings is 1. The number of nitrogens with zero attached hydrogens (tertiary/aromatic N) is 3. The van der Waals surface area contributed by atoms with Gasteiger partial charge in [0.2, 0.25) is 0 Å². The summed E-state index contributed by atoms with van der Waals surface area (Å²) in [6, 6.07) is 17.3. The number of aliphatic hydroxyl groups is 1. The van der Waals surface area contributed by atoms with Gasteiger partial charge in [0.15, 0.2) is 5.58 Å². The van der Waals surface area contributed by atoms with Gasteiger partial charge in [0.25, 0.3) is 5.91 Å². The number of rotatable bonds is 6. The number of benzene rings is 2. The number of aliphatic hydroxyl groups excluding tert-OH is 1. The van der Waals surface area contributed by atoms with E-state index in [0.717, 1.165) is 42.9 Å². The second-order valence-corrected chi connectivity index (χ2v) is 9.87. The number of amides is 1. The third kappa shape index (κ3) is 4.80. The first-order chi connectivity index (χ1) is 19.0. The van der Waals surface area contributed by atoms with Gasteiger partial charge in [-0.05, 0) is 54.8 Å². The highest BCUT2D eigenvalue weighted by molar-refractivity contribution is 5.97. The molecule has 0 spiro atoms. The number of β-amino-alcohol motifs (C(OH)–C–C–N with tert-alkyl or cyclic N) is 1. The minimum atomic E-state index is -0.462. The molecule has 2 fully saturated rings. The zero-order chi connectivity index (χ0) is 26.9. The summed E-state index contributed by atoms with van der Waals surface area (Å²) in [5.74, 6) is 0.901. The second kappa shape index (κ2) is 10.4. The molecule has 2 saturated heterocycles. The Morgan fingerprint density at radius 3 is 2.69 bits per heavy atom. The van der Waals surface area contributed by atoms with Gasteiger partial charge in [-0.1, -0.05) is 6.07 Å². The molecule has 4 aromatic rings. The molecule has 0 unspecified atom stereocenters. The topological polar surface area (TPSA) is 121 Å². The summed E-state index contributed by atoms with van der Waals surface area (Å²) in [6.45, 7) is 2.11. The van der Waals surface area contributed by atoms with E-state index in [0.29, 0.717) is 52.4 Å². The van der Waals surface area contributed by atoms with E-state index in [1.165, 1.54) is 0 Å². The summed E-state index contributed by atoms with van der Waals surface area (Å²) in [6.07, 6.45) is 3.08. The molecule has 2 aliphatic rings. The van der Waals surface area contributed by atoms with Crippen LogP contribution >= 0.6 is 0 Å². The lowest BCUT2D eigenvalue weighted by molar-refractivity contribution is 0.00588. The lowest BCUT2D eigenvalue weighted by Crippen LogP contribution is -2.53. The van der Waals surface area contributed by atoms with Crippen molar-refractivity contribution in [1.82, 2.24) is 9.88 Å². The largest absolute Gasteiger partial charge is 0.496 e. The minimum Gasteiger partial charge on any atom is -0.496 e. The van der Waals surface area contributed by atoms with Crippen molar-refractivity contribution in [2.75, 3.05) is 38.7 Å². The zero-order valence-electron chi connectivity index (χ0n) is 21.5. The fourth-order valence-corrected chi connectivity index (χ4v) is 5.12. The molecule has 6 rings (SSSR count). The first-order valence-corrected chi connectivity index (χ1v) is 13.0. The first kappa shape index (κ1) is 24.9. The number of pyridine rings is 1. The van der Waals surface area contributed by atoms with Crippen LogP contribution in [0.1, 0.15) is 28.8 Å². The van der Waals surface area contributed by atoms with Crippen LogP contribution < -0.4 is 10.1 Å². The van der Waals surface area contributed by atoms with Gasteiger partial charge in [-0.25, -0.2) is 0 Å². The number of carbonyl (C=O) groups excluding carboxylic acids is 1. The third-order valence-corrected chi connectivity index (χ3v) is 7.31. The van der Waals surface area contributed by atoms with Crippen LogP contribution in [0.5, 0.6) is 5.75 Å². The number of ether oxygens (including phenoxy) is 2. The fourth-order valence-electron chi connectivity index (χ4n) is 5.12. The highest BCUT2D eigenvalue weighted by Crippen LogP contribution is 2.38. The van der Waals surface area contributed by atoms with Gasteiger partial charge in [0.05, 0.1) is 30.0 Å². The van der Waals surface area contributed by atoms with Crippen molar-refractivity contribution in [3.63, 3.8) is 0 Å². The van der Waals surface area contributed by atoms with Gasteiger partial charge in [0.1, 0.15) is 23.1 Å². The Balaban J connectivity index is 1.32. The third-order valence-electron chi connectivity index (χ3n) is 7.31. The number of methoxy groups -OCH3 is 1. The van der Waals surface area contributed by atoms with Crippen LogP contribution in [0.4, 0.5) is 5.69 Å². The highest BCUT2D eigenvalue weighted by Gasteiger charge is 2.30. The van der Waals surface area contributed by atoms with Crippen LogP contribution in [0.15, 0.2) is 59.1 Å². The smallest absolute Gasteiger partial charge is 0.254 e. The number of anilines is 1. The van der Waals surface area contributed by atoms with E-state index in [9.17, 15) is 15.2 Å². The molecule has 9 heteroatoms. The predicted molar refractivity (Wildman–Crippen MR) is 146 cm³/mol. The number of nitriles is 1. The summed E-state index contributed by atoms with van der Waals surface area (Å²) in [7, 11) is 1.55. The predicted octanol–water partition coefficient (Wildman–Crippen LogP) is 4.45. The molecule has 2 aromatic heterocycles. The van der Waals surface area contributed by atoms with Crippen LogP contribution in [0, 0.1) is 11.3 Å². The van der Waals surface area contributed by atoms with Crippen molar-refractivity contribution in [3.8, 4) is 34.3 Å². The van der Waals surface area contributed by atoms with Gasteiger partial charge >= 0.3 is 0 Å². The van der Waals surface area contributed by atoms with Gasteiger partial charge in [-0.2, -0.15) is 5.26 Å². The Hall–Kier alpha value is -4.39. The van der Waals surface area contributed by atoms with Crippen molar-refractivity contribution in [3.05, 3.63) is 65.9 Å². The highest BCUT2D eigenvalue weighted by atomic mass is 16.5. The van der Waals surface area contributed by atoms with Crippen LogP contribution in [-0.4, -0.2) is 66.5 Å². The molecule has 39 heavy (non-hydrogen) atoms. The molecular weight excluding hydrogens is 496 g/mol. The van der Waals surface area contributed by atoms with Gasteiger partial charge < -0.3 is 29.2 Å². The number of carbonyl (C=O) groups is 1. The standard InChI is InChI=1S/C30H28N4O5/c1-37-27-13-19(30(36)34-16-22(35)17-34)2-4-24(27)28-14-26-29(39-28)23(6-9-32-26)18-3-5-25(20(12-18)15-31)33-21-7-10-38-11-8-21/h2-6,9,12-14,21-22,33,35H,7-8,10-11,16-17H2,1H3. The Kier molecular flexibility index (Phi) is 6.65. The van der Waals surface area contributed by atoms with Crippen LogP contribution in [0.2, 0.25) is 0 Å². The Morgan fingerprint density at radius 1 is 1.13 bits per heavy atom. The molecule has 4 heterocycles. The molecule has 198 valence electrons. The van der Waals surface area contributed by atoms with E-state index in [1.807, 2.05) is 30.3 Å². The zero-order valence-corrected chi connectivity index (χ0v) is 21.5. The molecule has 0 radical (unpaired) electrons. The van der Waals surface area contributed by atoms with Gasteiger partial charge in [-0.15, -0.1) is 0 Å². The van der Waals surface area contributed by atoms with E-state index in [2.05, 4.69) is 16.4 Å². The number of hydrogen-bond acceptors (Lipinski definition) is 8. The van der Waals surface area contributed by atoms with E-state index in [4.69, 9.17) is 13.9 Å². The Morgan fingerprint density at radius 2 is 1.95 bits per heavy atom. The average molecular weight is 525 g/mol. The molecule has 0 atom stereocenters. The lowest BCUT2D eigenvalue weighted by Gasteiger charge is -2.35. The Labute approximate surface area is 225 Å². The van der Waals surface area contributed by atoms with Crippen molar-refractivity contribution in [1.29, 1.82) is 5.26 Å². The molecule has 9 nitrogen and oxygen atoms in total. The van der Waals surface area contributed by atoms with Crippen molar-refractivity contribution in [2.24, 2.45) is 0 Å². The normalized spacial score (nSPS) is 16.1. The van der Waals surface area contributed by atoms with Crippen molar-refractivity contribution in [2.45, 2.75) is 25.0 Å². The minimum absolute atomic E-state index is 0.151. The summed E-state index contributed by atoms with van der Waals surface area (Å²) in [5, 5.41) is 22.9. The number of likely N-dealkylation sites (tertiary alicyclic amines) is 1. The molecule has 0 aliphatic carbocycles. The number of fused-ring (bicyclic) bond motifs is 1. The van der Waals surface area contributed by atoms with E-state index >= 15 is 0 Å². The van der Waals surface area contributed by atoms with E-state index in [1.54, 1.807) is 36.4 Å². The molecule has 2 aromatic carbocycles. The van der Waals surface area contributed by atoms with Crippen LogP contribution in [0.3, 0.4) is 0 Å². The molecule has 2 aliphatic heterocycles. The van der Waals surface area contributed by atoms with Crippen molar-refractivity contribution >= 4 is 22.7 Å². The monoisotopic (exact) mass is 524 g/mol. The Bertz CT molecular complexity index is 1580. The second-order valence-electron chi connectivity index (χ2n) is 9.87. The average Bonchev–Trinajstić information content (AvgIpc) is 3.40. The molecular formula is C30H28N4O5. The molecule has 1 amide bonds. The number of hydrogen-bond donors (Lipinski definition) is 2. The maximum absolute atomic E-state index is 12.7. The van der Waals surface area contributed by atoms with Gasteiger partial charge in [-0.3, -0.25) is 9.78 Å². The number of nitrogens with one attached hydrogen (secondary N) is 1. The molecule has 0 saturated carbocycles. The summed E-state index contributed by atoms with van der Waals surface area (Å²) < 4.78 is 17.4. The van der Waals surface area contributed by atoms with Crippen LogP contribution in [0.25, 0.3) is 33.6 Å². The lowest BCUT2D eigenvalue weighted by atomic mass is 10.0. The molecule has 2 N–H and O–H groups in total. The maximum atomic E-state index is 12.7. The van der Waals surface area contributed by atoms with E-state index < -0.39 is 6.10 Å². The number of aromatic nitrogens is 1. The quantitative estimate of drug-likeness (QED) is 0.380. The van der Waals surface area contributed by atoms with Crippen LogP contribution in [-0.2, 0) is 4.74 Å². The molecule has 0 bridgehead atoms. The summed E-state index contributed by atoms with van der Waals surface area (Å²) >= 11 is 0. The first-order valence-electron chi connectivity index (χ1n) is 13.0. The van der Waals surface area contributed by atoms with Crippen molar-refractivity contribution < 1.29 is 23.8 Å². The maximum Gasteiger partial charge on any atom is 0.254 e.